The third-order valence-electron chi connectivity index (χ3n) is 4.69. The summed E-state index contributed by atoms with van der Waals surface area (Å²) in [6, 6.07) is 8.05. The average Bonchev–Trinajstić information content (AvgIpc) is 2.96. The zero-order valence-corrected chi connectivity index (χ0v) is 14.0. The van der Waals surface area contributed by atoms with Gasteiger partial charge in [0, 0.05) is 24.2 Å². The molecule has 2 aliphatic rings. The third kappa shape index (κ3) is 4.03. The Balaban J connectivity index is 0.00000192. The van der Waals surface area contributed by atoms with Gasteiger partial charge in [-0.15, -0.1) is 12.4 Å². The fourth-order valence-corrected chi connectivity index (χ4v) is 3.47. The molecule has 1 aromatic carbocycles. The molecule has 1 aromatic rings. The van der Waals surface area contributed by atoms with E-state index in [0.717, 1.165) is 37.8 Å². The van der Waals surface area contributed by atoms with E-state index in [1.807, 2.05) is 24.3 Å². The molecule has 5 nitrogen and oxygen atoms in total. The molecular weight excluding hydrogens is 314 g/mol. The van der Waals surface area contributed by atoms with Crippen LogP contribution in [0.3, 0.4) is 0 Å². The van der Waals surface area contributed by atoms with Gasteiger partial charge in [0.25, 0.3) is 0 Å². The van der Waals surface area contributed by atoms with Crippen molar-refractivity contribution in [2.24, 2.45) is 11.7 Å². The first-order chi connectivity index (χ1) is 10.6. The molecular formula is C17H24ClN3O2. The van der Waals surface area contributed by atoms with Gasteiger partial charge in [0.1, 0.15) is 0 Å². The minimum atomic E-state index is -0.0431. The summed E-state index contributed by atoms with van der Waals surface area (Å²) in [5.41, 5.74) is 8.08. The van der Waals surface area contributed by atoms with Crippen LogP contribution in [0.4, 0.5) is 5.69 Å². The lowest BCUT2D eigenvalue weighted by molar-refractivity contribution is -0.128. The molecule has 0 aromatic heterocycles. The molecule has 1 aliphatic heterocycles. The van der Waals surface area contributed by atoms with Crippen molar-refractivity contribution in [1.82, 2.24) is 5.32 Å². The predicted molar refractivity (Wildman–Crippen MR) is 92.7 cm³/mol. The molecule has 23 heavy (non-hydrogen) atoms. The molecule has 0 saturated heterocycles. The summed E-state index contributed by atoms with van der Waals surface area (Å²) in [5.74, 6) is -0.114. The standard InChI is InChI=1S/C17H23N3O2.ClH/c18-14-6-3-5-13(10-14)17(22)19-11-16(21)20-9-8-12-4-1-2-7-15(12)20;/h1-2,4,7,13-14H,3,5-6,8-11,18H2,(H,19,22);1H. The van der Waals surface area contributed by atoms with Gasteiger partial charge in [0.05, 0.1) is 6.54 Å². The number of benzene rings is 1. The van der Waals surface area contributed by atoms with Crippen LogP contribution >= 0.6 is 12.4 Å². The Kier molecular flexibility index (Phi) is 6.02. The van der Waals surface area contributed by atoms with Crippen molar-refractivity contribution in [3.63, 3.8) is 0 Å². The van der Waals surface area contributed by atoms with E-state index < -0.39 is 0 Å². The maximum atomic E-state index is 12.3. The van der Waals surface area contributed by atoms with Gasteiger partial charge in [-0.25, -0.2) is 0 Å². The number of carbonyl (C=O) groups is 2. The van der Waals surface area contributed by atoms with Crippen LogP contribution in [-0.2, 0) is 16.0 Å². The van der Waals surface area contributed by atoms with Crippen LogP contribution in [0.25, 0.3) is 0 Å². The van der Waals surface area contributed by atoms with Gasteiger partial charge in [0.2, 0.25) is 11.8 Å². The lowest BCUT2D eigenvalue weighted by atomic mass is 9.85. The first kappa shape index (κ1) is 17.8. The lowest BCUT2D eigenvalue weighted by Gasteiger charge is -2.26. The maximum absolute atomic E-state index is 12.3. The summed E-state index contributed by atoms with van der Waals surface area (Å²) >= 11 is 0. The minimum Gasteiger partial charge on any atom is -0.347 e. The van der Waals surface area contributed by atoms with Crippen molar-refractivity contribution in [1.29, 1.82) is 0 Å². The molecule has 126 valence electrons. The van der Waals surface area contributed by atoms with Crippen molar-refractivity contribution >= 4 is 29.9 Å². The smallest absolute Gasteiger partial charge is 0.246 e. The molecule has 3 rings (SSSR count). The van der Waals surface area contributed by atoms with E-state index in [1.165, 1.54) is 5.56 Å². The van der Waals surface area contributed by atoms with Crippen LogP contribution in [-0.4, -0.2) is 30.9 Å². The highest BCUT2D eigenvalue weighted by molar-refractivity contribution is 5.98. The summed E-state index contributed by atoms with van der Waals surface area (Å²) in [7, 11) is 0. The molecule has 0 spiro atoms. The number of para-hydroxylation sites is 1. The second-order valence-electron chi connectivity index (χ2n) is 6.27. The van der Waals surface area contributed by atoms with Gasteiger partial charge < -0.3 is 16.0 Å². The number of fused-ring (bicyclic) bond motifs is 1. The molecule has 1 aliphatic carbocycles. The number of anilines is 1. The minimum absolute atomic E-state index is 0. The van der Waals surface area contributed by atoms with Crippen molar-refractivity contribution in [3.8, 4) is 0 Å². The highest BCUT2D eigenvalue weighted by Crippen LogP contribution is 2.27. The van der Waals surface area contributed by atoms with Crippen LogP contribution in [0, 0.1) is 5.92 Å². The van der Waals surface area contributed by atoms with Crippen molar-refractivity contribution < 1.29 is 9.59 Å². The topological polar surface area (TPSA) is 75.4 Å². The predicted octanol–water partition coefficient (Wildman–Crippen LogP) is 1.63. The molecule has 1 saturated carbocycles. The Bertz CT molecular complexity index is 579. The van der Waals surface area contributed by atoms with Crippen LogP contribution in [0.1, 0.15) is 31.2 Å². The Morgan fingerprint density at radius 3 is 2.83 bits per heavy atom. The fraction of sp³-hybridized carbons (Fsp3) is 0.529. The van der Waals surface area contributed by atoms with E-state index in [0.29, 0.717) is 6.54 Å². The average molecular weight is 338 g/mol. The monoisotopic (exact) mass is 337 g/mol. The quantitative estimate of drug-likeness (QED) is 0.880. The Hall–Kier alpha value is -1.59. The van der Waals surface area contributed by atoms with Gasteiger partial charge in [0.15, 0.2) is 0 Å². The molecule has 0 bridgehead atoms. The molecule has 2 unspecified atom stereocenters. The van der Waals surface area contributed by atoms with E-state index in [4.69, 9.17) is 5.73 Å². The maximum Gasteiger partial charge on any atom is 0.246 e. The summed E-state index contributed by atoms with van der Waals surface area (Å²) in [6.07, 6.45) is 4.47. The Morgan fingerprint density at radius 2 is 2.04 bits per heavy atom. The van der Waals surface area contributed by atoms with Gasteiger partial charge in [-0.2, -0.15) is 0 Å². The number of carbonyl (C=O) groups excluding carboxylic acids is 2. The van der Waals surface area contributed by atoms with Gasteiger partial charge in [-0.05, 0) is 37.3 Å². The molecule has 3 N–H and O–H groups in total. The molecule has 1 heterocycles. The van der Waals surface area contributed by atoms with E-state index >= 15 is 0 Å². The molecule has 6 heteroatoms. The number of halogens is 1. The van der Waals surface area contributed by atoms with Crippen LogP contribution in [0.2, 0.25) is 0 Å². The first-order valence-corrected chi connectivity index (χ1v) is 8.06. The Labute approximate surface area is 143 Å². The third-order valence-corrected chi connectivity index (χ3v) is 4.69. The molecule has 2 amide bonds. The van der Waals surface area contributed by atoms with Gasteiger partial charge in [-0.1, -0.05) is 24.6 Å². The van der Waals surface area contributed by atoms with Crippen LogP contribution in [0.5, 0.6) is 0 Å². The van der Waals surface area contributed by atoms with E-state index in [-0.39, 0.29) is 42.7 Å². The molecule has 1 fully saturated rings. The number of amides is 2. The number of hydrogen-bond donors (Lipinski definition) is 2. The van der Waals surface area contributed by atoms with Crippen LogP contribution < -0.4 is 16.0 Å². The van der Waals surface area contributed by atoms with E-state index in [1.54, 1.807) is 4.90 Å². The summed E-state index contributed by atoms with van der Waals surface area (Å²) in [4.78, 5) is 26.3. The second kappa shape index (κ2) is 7.79. The van der Waals surface area contributed by atoms with Crippen molar-refractivity contribution in [2.75, 3.05) is 18.0 Å². The zero-order chi connectivity index (χ0) is 15.5. The SMILES string of the molecule is Cl.NC1CCCC(C(=O)NCC(=O)N2CCc3ccccc32)C1. The number of nitrogens with zero attached hydrogens (tertiary/aromatic N) is 1. The van der Waals surface area contributed by atoms with Crippen LogP contribution in [0.15, 0.2) is 24.3 Å². The summed E-state index contributed by atoms with van der Waals surface area (Å²) in [5, 5.41) is 2.79. The fourth-order valence-electron chi connectivity index (χ4n) is 3.47. The van der Waals surface area contributed by atoms with Gasteiger partial charge >= 0.3 is 0 Å². The summed E-state index contributed by atoms with van der Waals surface area (Å²) < 4.78 is 0. The number of nitrogens with two attached hydrogens (primary N) is 1. The highest BCUT2D eigenvalue weighted by Gasteiger charge is 2.27. The first-order valence-electron chi connectivity index (χ1n) is 8.06. The number of nitrogens with one attached hydrogen (secondary N) is 1. The normalized spacial score (nSPS) is 22.9. The summed E-state index contributed by atoms with van der Waals surface area (Å²) in [6.45, 7) is 0.765. The molecule has 2 atom stereocenters. The van der Waals surface area contributed by atoms with Gasteiger partial charge in [-0.3, -0.25) is 9.59 Å². The second-order valence-corrected chi connectivity index (χ2v) is 6.27. The largest absolute Gasteiger partial charge is 0.347 e. The number of hydrogen-bond acceptors (Lipinski definition) is 3. The van der Waals surface area contributed by atoms with E-state index in [2.05, 4.69) is 5.32 Å². The highest BCUT2D eigenvalue weighted by atomic mass is 35.5. The number of rotatable bonds is 3. The van der Waals surface area contributed by atoms with Crippen molar-refractivity contribution in [2.45, 2.75) is 38.1 Å². The lowest BCUT2D eigenvalue weighted by Crippen LogP contribution is -2.43. The Morgan fingerprint density at radius 1 is 1.26 bits per heavy atom. The molecule has 0 radical (unpaired) electrons. The zero-order valence-electron chi connectivity index (χ0n) is 13.2. The van der Waals surface area contributed by atoms with Crippen molar-refractivity contribution in [3.05, 3.63) is 29.8 Å². The van der Waals surface area contributed by atoms with E-state index in [9.17, 15) is 9.59 Å².